The van der Waals surface area contributed by atoms with Crippen LogP contribution in [0, 0.1) is 0 Å². The summed E-state index contributed by atoms with van der Waals surface area (Å²) in [6, 6.07) is 7.77. The predicted molar refractivity (Wildman–Crippen MR) is 71.9 cm³/mol. The first kappa shape index (κ1) is 17.2. The highest BCUT2D eigenvalue weighted by Crippen LogP contribution is 2.32. The Morgan fingerprint density at radius 2 is 1.43 bits per heavy atom. The van der Waals surface area contributed by atoms with E-state index in [0.29, 0.717) is 16.2 Å². The first-order valence-electron chi connectivity index (χ1n) is 5.93. The molecule has 0 saturated heterocycles. The van der Waals surface area contributed by atoms with E-state index in [9.17, 15) is 35.9 Å². The van der Waals surface area contributed by atoms with E-state index in [0.717, 1.165) is 11.3 Å². The number of ketones is 2. The largest absolute Gasteiger partial charge is 0.455 e. The maximum Gasteiger partial charge on any atom is 0.455 e. The number of hydrogen-bond donors (Lipinski definition) is 0. The van der Waals surface area contributed by atoms with Crippen LogP contribution in [-0.2, 0) is 9.59 Å². The standard InChI is InChI=1S/C14H6F6O2S/c15-13(16,17)11(21)9(12(22)14(18,19)20)6-8-5-7-3-1-2-4-10(7)23-8/h1-6H. The van der Waals surface area contributed by atoms with Crippen LogP contribution in [-0.4, -0.2) is 23.9 Å². The van der Waals surface area contributed by atoms with Gasteiger partial charge < -0.3 is 0 Å². The van der Waals surface area contributed by atoms with Crippen molar-refractivity contribution in [2.24, 2.45) is 0 Å². The summed E-state index contributed by atoms with van der Waals surface area (Å²) in [5.41, 5.74) is -1.95. The van der Waals surface area contributed by atoms with Crippen molar-refractivity contribution in [1.29, 1.82) is 0 Å². The van der Waals surface area contributed by atoms with Crippen LogP contribution < -0.4 is 0 Å². The molecule has 2 aromatic rings. The molecule has 0 atom stereocenters. The number of carbonyl (C=O) groups is 2. The van der Waals surface area contributed by atoms with E-state index >= 15 is 0 Å². The summed E-state index contributed by atoms with van der Waals surface area (Å²) >= 11 is 0.866. The molecule has 0 saturated carbocycles. The molecule has 0 bridgehead atoms. The van der Waals surface area contributed by atoms with Gasteiger partial charge in [-0.05, 0) is 23.6 Å². The Hall–Kier alpha value is -2.16. The highest BCUT2D eigenvalue weighted by Gasteiger charge is 2.50. The molecule has 2 rings (SSSR count). The molecule has 23 heavy (non-hydrogen) atoms. The molecule has 0 amide bonds. The van der Waals surface area contributed by atoms with Crippen molar-refractivity contribution < 1.29 is 35.9 Å². The lowest BCUT2D eigenvalue weighted by atomic mass is 10.0. The molecule has 0 aliphatic rings. The van der Waals surface area contributed by atoms with E-state index in [1.54, 1.807) is 24.3 Å². The van der Waals surface area contributed by atoms with E-state index in [2.05, 4.69) is 0 Å². The molecular formula is C14H6F6O2S. The molecular weight excluding hydrogens is 346 g/mol. The fourth-order valence-electron chi connectivity index (χ4n) is 1.76. The average Bonchev–Trinajstić information content (AvgIpc) is 2.83. The number of thiophene rings is 1. The van der Waals surface area contributed by atoms with Gasteiger partial charge >= 0.3 is 12.4 Å². The maximum absolute atomic E-state index is 12.4. The van der Waals surface area contributed by atoms with Crippen molar-refractivity contribution >= 4 is 39.1 Å². The van der Waals surface area contributed by atoms with Gasteiger partial charge in [0.1, 0.15) is 0 Å². The second-order valence-electron chi connectivity index (χ2n) is 4.40. The van der Waals surface area contributed by atoms with Gasteiger partial charge in [-0.25, -0.2) is 0 Å². The van der Waals surface area contributed by atoms with Crippen molar-refractivity contribution in [1.82, 2.24) is 0 Å². The number of carbonyl (C=O) groups excluding carboxylic acids is 2. The number of allylic oxidation sites excluding steroid dienone is 1. The van der Waals surface area contributed by atoms with Crippen LogP contribution in [0.5, 0.6) is 0 Å². The second-order valence-corrected chi connectivity index (χ2v) is 5.51. The van der Waals surface area contributed by atoms with E-state index in [1.165, 1.54) is 6.07 Å². The first-order valence-corrected chi connectivity index (χ1v) is 6.75. The Labute approximate surface area is 129 Å². The molecule has 0 aliphatic carbocycles. The molecule has 2 nitrogen and oxygen atoms in total. The summed E-state index contributed by atoms with van der Waals surface area (Å²) in [5.74, 6) is -5.64. The lowest BCUT2D eigenvalue weighted by molar-refractivity contribution is -0.175. The number of halogens is 6. The maximum atomic E-state index is 12.4. The third kappa shape index (κ3) is 3.79. The Morgan fingerprint density at radius 3 is 1.91 bits per heavy atom. The summed E-state index contributed by atoms with van der Waals surface area (Å²) in [6.07, 6.45) is -10.8. The number of hydrogen-bond acceptors (Lipinski definition) is 3. The lowest BCUT2D eigenvalue weighted by Gasteiger charge is -2.10. The van der Waals surface area contributed by atoms with Crippen LogP contribution in [0.2, 0.25) is 0 Å². The zero-order chi connectivity index (χ0) is 17.4. The van der Waals surface area contributed by atoms with E-state index < -0.39 is 29.5 Å². The smallest absolute Gasteiger partial charge is 0.284 e. The summed E-state index contributed by atoms with van der Waals surface area (Å²) < 4.78 is 75.3. The molecule has 1 aromatic heterocycles. The zero-order valence-electron chi connectivity index (χ0n) is 11.0. The minimum absolute atomic E-state index is 0.0589. The Balaban J connectivity index is 2.56. The van der Waals surface area contributed by atoms with E-state index in [-0.39, 0.29) is 4.88 Å². The van der Waals surface area contributed by atoms with Crippen molar-refractivity contribution in [3.63, 3.8) is 0 Å². The Morgan fingerprint density at radius 1 is 0.913 bits per heavy atom. The molecule has 1 aromatic carbocycles. The summed E-state index contributed by atoms with van der Waals surface area (Å²) in [5, 5.41) is 0.571. The molecule has 122 valence electrons. The highest BCUT2D eigenvalue weighted by molar-refractivity contribution is 7.19. The minimum atomic E-state index is -5.58. The van der Waals surface area contributed by atoms with Gasteiger partial charge in [-0.1, -0.05) is 18.2 Å². The van der Waals surface area contributed by atoms with Gasteiger partial charge in [0, 0.05) is 9.58 Å². The third-order valence-electron chi connectivity index (χ3n) is 2.74. The number of Topliss-reactive ketones (excluding diaryl/α,β-unsaturated/α-hetero) is 2. The topological polar surface area (TPSA) is 34.1 Å². The second kappa shape index (κ2) is 5.80. The molecule has 0 fully saturated rings. The van der Waals surface area contributed by atoms with Crippen LogP contribution in [0.15, 0.2) is 35.9 Å². The monoisotopic (exact) mass is 352 g/mol. The van der Waals surface area contributed by atoms with Crippen LogP contribution in [0.3, 0.4) is 0 Å². The SMILES string of the molecule is O=C(C(=Cc1cc2ccccc2s1)C(=O)C(F)(F)F)C(F)(F)F. The van der Waals surface area contributed by atoms with Gasteiger partial charge in [0.15, 0.2) is 0 Å². The van der Waals surface area contributed by atoms with E-state index in [1.807, 2.05) is 0 Å². The molecule has 1 heterocycles. The zero-order valence-corrected chi connectivity index (χ0v) is 11.8. The Bertz CT molecular complexity index is 736. The molecule has 0 N–H and O–H groups in total. The van der Waals surface area contributed by atoms with Crippen LogP contribution in [0.4, 0.5) is 26.3 Å². The number of alkyl halides is 6. The van der Waals surface area contributed by atoms with Crippen LogP contribution >= 0.6 is 11.3 Å². The first-order chi connectivity index (χ1) is 10.5. The average molecular weight is 352 g/mol. The summed E-state index contributed by atoms with van der Waals surface area (Å²) in [6.45, 7) is 0. The van der Waals surface area contributed by atoms with Gasteiger partial charge in [-0.2, -0.15) is 26.3 Å². The van der Waals surface area contributed by atoms with Crippen molar-refractivity contribution in [2.75, 3.05) is 0 Å². The lowest BCUT2D eigenvalue weighted by Crippen LogP contribution is -2.34. The van der Waals surface area contributed by atoms with Gasteiger partial charge in [-0.15, -0.1) is 11.3 Å². The van der Waals surface area contributed by atoms with Crippen molar-refractivity contribution in [3.8, 4) is 0 Å². The quantitative estimate of drug-likeness (QED) is 0.352. The summed E-state index contributed by atoms with van der Waals surface area (Å²) in [4.78, 5) is 22.3. The fourth-order valence-corrected chi connectivity index (χ4v) is 2.76. The van der Waals surface area contributed by atoms with E-state index in [4.69, 9.17) is 0 Å². The highest BCUT2D eigenvalue weighted by atomic mass is 32.1. The van der Waals surface area contributed by atoms with Gasteiger partial charge in [0.25, 0.3) is 11.6 Å². The number of rotatable bonds is 3. The molecule has 0 spiro atoms. The molecule has 0 aliphatic heterocycles. The van der Waals surface area contributed by atoms with Crippen LogP contribution in [0.25, 0.3) is 16.2 Å². The van der Waals surface area contributed by atoms with Crippen molar-refractivity contribution in [3.05, 3.63) is 40.8 Å². The molecule has 0 unspecified atom stereocenters. The Kier molecular flexibility index (Phi) is 4.34. The fraction of sp³-hybridized carbons (Fsp3) is 0.143. The van der Waals surface area contributed by atoms with Gasteiger partial charge in [-0.3, -0.25) is 9.59 Å². The normalized spacial score (nSPS) is 12.3. The van der Waals surface area contributed by atoms with Crippen molar-refractivity contribution in [2.45, 2.75) is 12.4 Å². The van der Waals surface area contributed by atoms with Crippen LogP contribution in [0.1, 0.15) is 4.88 Å². The van der Waals surface area contributed by atoms with Gasteiger partial charge in [0.05, 0.1) is 5.57 Å². The third-order valence-corrected chi connectivity index (χ3v) is 3.80. The summed E-state index contributed by atoms with van der Waals surface area (Å²) in [7, 11) is 0. The van der Waals surface area contributed by atoms with Gasteiger partial charge in [0.2, 0.25) is 0 Å². The number of benzene rings is 1. The predicted octanol–water partition coefficient (Wildman–Crippen LogP) is 4.55. The molecule has 0 radical (unpaired) electrons. The molecule has 9 heteroatoms. The number of fused-ring (bicyclic) bond motifs is 1. The minimum Gasteiger partial charge on any atom is -0.284 e.